The first-order valence-electron chi connectivity index (χ1n) is 5.29. The molecule has 80 valence electrons. The third-order valence-electron chi connectivity index (χ3n) is 1.83. The Balaban J connectivity index is 0.000000921. The van der Waals surface area contributed by atoms with Crippen LogP contribution >= 0.6 is 0 Å². The molecule has 0 N–H and O–H groups in total. The number of hydrogen-bond donors (Lipinski definition) is 0. The summed E-state index contributed by atoms with van der Waals surface area (Å²) in [6.07, 6.45) is 3.77. The first-order valence-corrected chi connectivity index (χ1v) is 5.29. The van der Waals surface area contributed by atoms with Crippen LogP contribution in [0.1, 0.15) is 26.3 Å². The maximum atomic E-state index is 3.93. The molecule has 0 amide bonds. The molecule has 0 unspecified atom stereocenters. The van der Waals surface area contributed by atoms with Crippen molar-refractivity contribution in [3.8, 4) is 0 Å². The SMILES string of the molecule is C=C/C=C(\C(=C)C)c1ccccc1.CC. The number of benzene rings is 1. The van der Waals surface area contributed by atoms with Gasteiger partial charge in [-0.25, -0.2) is 0 Å². The number of allylic oxidation sites excluding steroid dienone is 4. The van der Waals surface area contributed by atoms with Crippen molar-refractivity contribution in [2.24, 2.45) is 0 Å². The Kier molecular flexibility index (Phi) is 7.00. The van der Waals surface area contributed by atoms with Crippen LogP contribution < -0.4 is 0 Å². The summed E-state index contributed by atoms with van der Waals surface area (Å²) in [4.78, 5) is 0. The maximum absolute atomic E-state index is 3.93. The smallest absolute Gasteiger partial charge is 0.0161 e. The molecule has 0 nitrogen and oxygen atoms in total. The van der Waals surface area contributed by atoms with Gasteiger partial charge in [-0.2, -0.15) is 0 Å². The van der Waals surface area contributed by atoms with Gasteiger partial charge in [0.05, 0.1) is 0 Å². The summed E-state index contributed by atoms with van der Waals surface area (Å²) in [7, 11) is 0. The van der Waals surface area contributed by atoms with Crippen molar-refractivity contribution in [3.63, 3.8) is 0 Å². The van der Waals surface area contributed by atoms with Crippen molar-refractivity contribution in [1.82, 2.24) is 0 Å². The van der Waals surface area contributed by atoms with Crippen LogP contribution in [0.3, 0.4) is 0 Å². The monoisotopic (exact) mass is 200 g/mol. The van der Waals surface area contributed by atoms with E-state index in [1.807, 2.05) is 45.0 Å². The van der Waals surface area contributed by atoms with E-state index in [1.165, 1.54) is 5.56 Å². The van der Waals surface area contributed by atoms with Crippen LogP contribution in [0.5, 0.6) is 0 Å². The summed E-state index contributed by atoms with van der Waals surface area (Å²) < 4.78 is 0. The van der Waals surface area contributed by atoms with Crippen LogP contribution in [-0.4, -0.2) is 0 Å². The van der Waals surface area contributed by atoms with Crippen molar-refractivity contribution in [3.05, 3.63) is 66.8 Å². The van der Waals surface area contributed by atoms with Crippen LogP contribution in [0.4, 0.5) is 0 Å². The minimum atomic E-state index is 1.06. The molecule has 0 aliphatic heterocycles. The zero-order chi connectivity index (χ0) is 11.7. The average Bonchev–Trinajstić information content (AvgIpc) is 2.29. The first kappa shape index (κ1) is 13.4. The molecule has 15 heavy (non-hydrogen) atoms. The van der Waals surface area contributed by atoms with Gasteiger partial charge in [0.2, 0.25) is 0 Å². The molecule has 0 bridgehead atoms. The fourth-order valence-corrected chi connectivity index (χ4v) is 1.22. The van der Waals surface area contributed by atoms with E-state index in [0.717, 1.165) is 11.1 Å². The lowest BCUT2D eigenvalue weighted by molar-refractivity contribution is 1.50. The quantitative estimate of drug-likeness (QED) is 0.611. The van der Waals surface area contributed by atoms with Crippen LogP contribution in [-0.2, 0) is 0 Å². The molecule has 0 heteroatoms. The molecule has 1 rings (SSSR count). The van der Waals surface area contributed by atoms with Gasteiger partial charge < -0.3 is 0 Å². The van der Waals surface area contributed by atoms with E-state index in [0.29, 0.717) is 0 Å². The highest BCUT2D eigenvalue weighted by Gasteiger charge is 1.98. The van der Waals surface area contributed by atoms with E-state index >= 15 is 0 Å². The second-order valence-corrected chi connectivity index (χ2v) is 2.96. The molecule has 0 heterocycles. The molecule has 0 radical (unpaired) electrons. The number of hydrogen-bond acceptors (Lipinski definition) is 0. The second-order valence-electron chi connectivity index (χ2n) is 2.96. The summed E-state index contributed by atoms with van der Waals surface area (Å²) in [5.74, 6) is 0. The highest BCUT2D eigenvalue weighted by molar-refractivity contribution is 5.78. The Hall–Kier alpha value is -1.56. The third-order valence-corrected chi connectivity index (χ3v) is 1.83. The van der Waals surface area contributed by atoms with Gasteiger partial charge in [0, 0.05) is 0 Å². The Bertz CT molecular complexity index is 328. The minimum Gasteiger partial charge on any atom is -0.0990 e. The van der Waals surface area contributed by atoms with E-state index in [1.54, 1.807) is 6.08 Å². The molecule has 0 atom stereocenters. The van der Waals surface area contributed by atoms with Crippen LogP contribution in [0.2, 0.25) is 0 Å². The molecular weight excluding hydrogens is 180 g/mol. The summed E-state index contributed by atoms with van der Waals surface area (Å²) in [5.41, 5.74) is 3.40. The summed E-state index contributed by atoms with van der Waals surface area (Å²) in [5, 5.41) is 0. The Labute approximate surface area is 93.7 Å². The van der Waals surface area contributed by atoms with E-state index in [-0.39, 0.29) is 0 Å². The predicted octanol–water partition coefficient (Wildman–Crippen LogP) is 4.86. The maximum Gasteiger partial charge on any atom is -0.0161 e. The molecule has 0 fully saturated rings. The largest absolute Gasteiger partial charge is 0.0990 e. The average molecular weight is 200 g/mol. The summed E-state index contributed by atoms with van der Waals surface area (Å²) in [6.45, 7) is 13.6. The van der Waals surface area contributed by atoms with E-state index < -0.39 is 0 Å². The lowest BCUT2D eigenvalue weighted by atomic mass is 10.00. The molecule has 0 saturated carbocycles. The Morgan fingerprint density at radius 2 is 1.67 bits per heavy atom. The van der Waals surface area contributed by atoms with Gasteiger partial charge in [-0.3, -0.25) is 0 Å². The molecule has 0 aromatic heterocycles. The van der Waals surface area contributed by atoms with Crippen molar-refractivity contribution in [2.75, 3.05) is 0 Å². The van der Waals surface area contributed by atoms with Gasteiger partial charge >= 0.3 is 0 Å². The zero-order valence-electron chi connectivity index (χ0n) is 9.96. The van der Waals surface area contributed by atoms with Crippen molar-refractivity contribution in [2.45, 2.75) is 20.8 Å². The van der Waals surface area contributed by atoms with Crippen LogP contribution in [0.25, 0.3) is 5.57 Å². The zero-order valence-corrected chi connectivity index (χ0v) is 9.96. The summed E-state index contributed by atoms with van der Waals surface area (Å²) >= 11 is 0. The van der Waals surface area contributed by atoms with Gasteiger partial charge in [-0.05, 0) is 18.1 Å². The van der Waals surface area contributed by atoms with Crippen molar-refractivity contribution >= 4 is 5.57 Å². The van der Waals surface area contributed by atoms with Gasteiger partial charge in [0.15, 0.2) is 0 Å². The molecule has 1 aromatic rings. The van der Waals surface area contributed by atoms with Gasteiger partial charge in [0.25, 0.3) is 0 Å². The molecule has 1 aromatic carbocycles. The molecule has 0 aliphatic rings. The molecule has 0 spiro atoms. The van der Waals surface area contributed by atoms with E-state index in [9.17, 15) is 0 Å². The minimum absolute atomic E-state index is 1.06. The lowest BCUT2D eigenvalue weighted by Gasteiger charge is -2.05. The lowest BCUT2D eigenvalue weighted by Crippen LogP contribution is -1.83. The van der Waals surface area contributed by atoms with Crippen LogP contribution in [0, 0.1) is 0 Å². The van der Waals surface area contributed by atoms with Gasteiger partial charge in [-0.1, -0.05) is 75.1 Å². The molecule has 0 saturated heterocycles. The third kappa shape index (κ3) is 4.46. The fourth-order valence-electron chi connectivity index (χ4n) is 1.22. The highest BCUT2D eigenvalue weighted by atomic mass is 14.0. The van der Waals surface area contributed by atoms with Crippen LogP contribution in [0.15, 0.2) is 61.2 Å². The normalized spacial score (nSPS) is 9.93. The molecular formula is C15H20. The van der Waals surface area contributed by atoms with Gasteiger partial charge in [0.1, 0.15) is 0 Å². The fraction of sp³-hybridized carbons (Fsp3) is 0.200. The highest BCUT2D eigenvalue weighted by Crippen LogP contribution is 2.20. The summed E-state index contributed by atoms with van der Waals surface area (Å²) in [6, 6.07) is 10.2. The van der Waals surface area contributed by atoms with E-state index in [2.05, 4.69) is 25.3 Å². The first-order chi connectivity index (χ1) is 7.25. The standard InChI is InChI=1S/C13H14.C2H6/c1-4-8-13(11(2)3)12-9-6-5-7-10-12;1-2/h4-10H,1-2H2,3H3;1-2H3/b13-8+;. The second kappa shape index (κ2) is 7.81. The topological polar surface area (TPSA) is 0 Å². The van der Waals surface area contributed by atoms with Gasteiger partial charge in [-0.15, -0.1) is 0 Å². The predicted molar refractivity (Wildman–Crippen MR) is 70.8 cm³/mol. The Morgan fingerprint density at radius 1 is 1.13 bits per heavy atom. The number of rotatable bonds is 3. The molecule has 0 aliphatic carbocycles. The van der Waals surface area contributed by atoms with E-state index in [4.69, 9.17) is 0 Å². The van der Waals surface area contributed by atoms with Crippen molar-refractivity contribution < 1.29 is 0 Å². The van der Waals surface area contributed by atoms with Crippen molar-refractivity contribution in [1.29, 1.82) is 0 Å². The Morgan fingerprint density at radius 3 is 2.07 bits per heavy atom.